The Morgan fingerprint density at radius 3 is 1.81 bits per heavy atom. The molecule has 0 spiro atoms. The third kappa shape index (κ3) is 15.4. The van der Waals surface area contributed by atoms with E-state index in [1.807, 2.05) is 6.08 Å². The fourth-order valence-corrected chi connectivity index (χ4v) is 2.37. The van der Waals surface area contributed by atoms with Crippen LogP contribution in [-0.4, -0.2) is 22.3 Å². The lowest BCUT2D eigenvalue weighted by atomic mass is 10.1. The first-order valence-corrected chi connectivity index (χ1v) is 8.74. The molecular weight excluding hydrogens is 264 g/mol. The predicted octanol–water partition coefficient (Wildman–Crippen LogP) is 5.08. The second-order valence-electron chi connectivity index (χ2n) is 5.89. The van der Waals surface area contributed by atoms with Crippen LogP contribution >= 0.6 is 0 Å². The van der Waals surface area contributed by atoms with Gasteiger partial charge in [-0.05, 0) is 12.8 Å². The summed E-state index contributed by atoms with van der Waals surface area (Å²) in [6.07, 6.45) is 18.4. The second kappa shape index (κ2) is 15.6. The maximum absolute atomic E-state index is 10.4. The van der Waals surface area contributed by atoms with Crippen molar-refractivity contribution in [1.82, 2.24) is 0 Å². The molecule has 0 aliphatic carbocycles. The first kappa shape index (κ1) is 20.2. The fraction of sp³-hybridized carbons (Fsp3) is 0.833. The van der Waals surface area contributed by atoms with Crippen molar-refractivity contribution in [3.05, 3.63) is 12.2 Å². The normalized spacial score (nSPS) is 12.9. The number of hydrogen-bond acceptors (Lipinski definition) is 2. The average Bonchev–Trinajstić information content (AvgIpc) is 2.47. The molecule has 3 nitrogen and oxygen atoms in total. The summed E-state index contributed by atoms with van der Waals surface area (Å²) in [5.74, 6) is -1.14. The average molecular weight is 298 g/mol. The lowest BCUT2D eigenvalue weighted by molar-refractivity contribution is -0.146. The van der Waals surface area contributed by atoms with Crippen molar-refractivity contribution < 1.29 is 15.0 Å². The van der Waals surface area contributed by atoms with E-state index in [1.54, 1.807) is 6.08 Å². The molecule has 0 bridgehead atoms. The smallest absolute Gasteiger partial charge is 0.332 e. The number of hydrogen-bond donors (Lipinski definition) is 2. The Labute approximate surface area is 130 Å². The van der Waals surface area contributed by atoms with Crippen LogP contribution in [0.3, 0.4) is 0 Å². The number of aliphatic hydroxyl groups is 1. The van der Waals surface area contributed by atoms with Crippen LogP contribution in [-0.2, 0) is 4.79 Å². The number of aliphatic hydroxyl groups excluding tert-OH is 1. The highest BCUT2D eigenvalue weighted by Gasteiger charge is 2.09. The molecule has 2 N–H and O–H groups in total. The number of allylic oxidation sites excluding steroid dienone is 1. The highest BCUT2D eigenvalue weighted by Crippen LogP contribution is 2.12. The number of carbonyl (C=O) groups is 1. The predicted molar refractivity (Wildman–Crippen MR) is 88.5 cm³/mol. The van der Waals surface area contributed by atoms with Gasteiger partial charge in [0.05, 0.1) is 0 Å². The van der Waals surface area contributed by atoms with Gasteiger partial charge in [0.15, 0.2) is 6.10 Å². The molecule has 1 unspecified atom stereocenters. The molecular formula is C18H34O3. The number of unbranched alkanes of at least 4 members (excludes halogenated alkanes) is 11. The molecule has 1 atom stereocenters. The van der Waals surface area contributed by atoms with E-state index in [9.17, 15) is 4.79 Å². The summed E-state index contributed by atoms with van der Waals surface area (Å²) in [4.78, 5) is 10.4. The van der Waals surface area contributed by atoms with E-state index < -0.39 is 12.1 Å². The molecule has 124 valence electrons. The van der Waals surface area contributed by atoms with Crippen LogP contribution in [0.2, 0.25) is 0 Å². The molecule has 21 heavy (non-hydrogen) atoms. The van der Waals surface area contributed by atoms with E-state index in [-0.39, 0.29) is 6.42 Å². The molecule has 0 aliphatic rings. The van der Waals surface area contributed by atoms with Gasteiger partial charge in [0.2, 0.25) is 0 Å². The molecule has 0 heterocycles. The summed E-state index contributed by atoms with van der Waals surface area (Å²) in [5.41, 5.74) is 0. The molecule has 0 rings (SSSR count). The van der Waals surface area contributed by atoms with E-state index in [4.69, 9.17) is 10.2 Å². The Hall–Kier alpha value is -0.830. The summed E-state index contributed by atoms with van der Waals surface area (Å²) in [6.45, 7) is 2.25. The topological polar surface area (TPSA) is 57.5 Å². The third-order valence-electron chi connectivity index (χ3n) is 3.79. The van der Waals surface area contributed by atoms with Gasteiger partial charge in [-0.25, -0.2) is 4.79 Å². The molecule has 3 heteroatoms. The molecule has 0 amide bonds. The van der Waals surface area contributed by atoms with Crippen LogP contribution < -0.4 is 0 Å². The lowest BCUT2D eigenvalue weighted by Crippen LogP contribution is -2.17. The zero-order chi connectivity index (χ0) is 15.8. The largest absolute Gasteiger partial charge is 0.479 e. The summed E-state index contributed by atoms with van der Waals surface area (Å²) >= 11 is 0. The molecule has 0 aromatic carbocycles. The first-order chi connectivity index (χ1) is 10.2. The van der Waals surface area contributed by atoms with Gasteiger partial charge in [0, 0.05) is 6.42 Å². The zero-order valence-electron chi connectivity index (χ0n) is 13.7. The van der Waals surface area contributed by atoms with E-state index in [0.717, 1.165) is 12.8 Å². The quantitative estimate of drug-likeness (QED) is 0.327. The minimum atomic E-state index is -1.25. The number of carboxylic acid groups (broad SMARTS) is 1. The molecule has 0 aliphatic heterocycles. The first-order valence-electron chi connectivity index (χ1n) is 8.74. The Balaban J connectivity index is 3.15. The summed E-state index contributed by atoms with van der Waals surface area (Å²) < 4.78 is 0. The Kier molecular flexibility index (Phi) is 14.9. The Morgan fingerprint density at radius 2 is 1.33 bits per heavy atom. The molecule has 0 fully saturated rings. The molecule has 0 saturated heterocycles. The van der Waals surface area contributed by atoms with Crippen LogP contribution in [0.15, 0.2) is 12.2 Å². The van der Waals surface area contributed by atoms with Gasteiger partial charge in [-0.2, -0.15) is 0 Å². The fourth-order valence-electron chi connectivity index (χ4n) is 2.37. The van der Waals surface area contributed by atoms with Crippen LogP contribution in [0.1, 0.15) is 90.4 Å². The van der Waals surface area contributed by atoms with Gasteiger partial charge in [-0.1, -0.05) is 83.3 Å². The van der Waals surface area contributed by atoms with Gasteiger partial charge in [-0.15, -0.1) is 0 Å². The van der Waals surface area contributed by atoms with Crippen LogP contribution in [0, 0.1) is 0 Å². The Bertz CT molecular complexity index is 261. The molecule has 0 radical (unpaired) electrons. The van der Waals surface area contributed by atoms with Crippen molar-refractivity contribution in [3.8, 4) is 0 Å². The minimum Gasteiger partial charge on any atom is -0.479 e. The highest BCUT2D eigenvalue weighted by atomic mass is 16.4. The number of aliphatic carboxylic acids is 1. The van der Waals surface area contributed by atoms with Crippen molar-refractivity contribution in [1.29, 1.82) is 0 Å². The molecule has 0 saturated carbocycles. The summed E-state index contributed by atoms with van der Waals surface area (Å²) in [6, 6.07) is 0. The maximum Gasteiger partial charge on any atom is 0.332 e. The van der Waals surface area contributed by atoms with Gasteiger partial charge >= 0.3 is 5.97 Å². The number of rotatable bonds is 15. The third-order valence-corrected chi connectivity index (χ3v) is 3.79. The molecule has 0 aromatic heterocycles. The second-order valence-corrected chi connectivity index (χ2v) is 5.89. The van der Waals surface area contributed by atoms with Crippen LogP contribution in [0.25, 0.3) is 0 Å². The van der Waals surface area contributed by atoms with Crippen molar-refractivity contribution in [2.75, 3.05) is 0 Å². The summed E-state index contributed by atoms with van der Waals surface area (Å²) in [7, 11) is 0. The van der Waals surface area contributed by atoms with Gasteiger partial charge < -0.3 is 10.2 Å². The van der Waals surface area contributed by atoms with Gasteiger partial charge in [0.1, 0.15) is 0 Å². The number of carboxylic acids is 1. The van der Waals surface area contributed by atoms with Crippen molar-refractivity contribution in [2.24, 2.45) is 0 Å². The van der Waals surface area contributed by atoms with Gasteiger partial charge in [-0.3, -0.25) is 0 Å². The van der Waals surface area contributed by atoms with Crippen molar-refractivity contribution >= 4 is 5.97 Å². The van der Waals surface area contributed by atoms with E-state index in [0.29, 0.717) is 0 Å². The lowest BCUT2D eigenvalue weighted by Gasteiger charge is -2.02. The van der Waals surface area contributed by atoms with E-state index in [2.05, 4.69) is 6.92 Å². The van der Waals surface area contributed by atoms with E-state index >= 15 is 0 Å². The standard InChI is InChI=1S/C18H34O3/c1-2-3-4-5-6-7-8-9-10-11-12-13-14-15-16-17(19)18(20)21/h14-15,17,19H,2-13,16H2,1H3,(H,20,21)/b15-14+. The van der Waals surface area contributed by atoms with Crippen LogP contribution in [0.4, 0.5) is 0 Å². The maximum atomic E-state index is 10.4. The minimum absolute atomic E-state index is 0.216. The Morgan fingerprint density at radius 1 is 0.857 bits per heavy atom. The molecule has 0 aromatic rings. The monoisotopic (exact) mass is 298 g/mol. The van der Waals surface area contributed by atoms with E-state index in [1.165, 1.54) is 64.2 Å². The zero-order valence-corrected chi connectivity index (χ0v) is 13.7. The summed E-state index contributed by atoms with van der Waals surface area (Å²) in [5, 5.41) is 17.6. The van der Waals surface area contributed by atoms with Gasteiger partial charge in [0.25, 0.3) is 0 Å². The van der Waals surface area contributed by atoms with Crippen molar-refractivity contribution in [2.45, 2.75) is 96.5 Å². The van der Waals surface area contributed by atoms with Crippen molar-refractivity contribution in [3.63, 3.8) is 0 Å². The SMILES string of the molecule is CCCCCCCCCCCCC/C=C/CC(O)C(=O)O. The highest BCUT2D eigenvalue weighted by molar-refractivity contribution is 5.72. The van der Waals surface area contributed by atoms with Crippen LogP contribution in [0.5, 0.6) is 0 Å².